The number of aliphatic carboxylic acids is 1. The maximum absolute atomic E-state index is 11.8. The van der Waals surface area contributed by atoms with Crippen molar-refractivity contribution in [3.8, 4) is 0 Å². The lowest BCUT2D eigenvalue weighted by Crippen LogP contribution is -2.58. The number of hydrogen-bond acceptors (Lipinski definition) is 4. The van der Waals surface area contributed by atoms with Crippen LogP contribution in [0.4, 0.5) is 4.79 Å². The molecule has 1 saturated heterocycles. The molecule has 2 N–H and O–H groups in total. The fraction of sp³-hybridized carbons (Fsp3) is 0.600. The monoisotopic (exact) mass is 242 g/mol. The molecule has 0 aromatic carbocycles. The highest BCUT2D eigenvalue weighted by atomic mass is 16.4. The summed E-state index contributed by atoms with van der Waals surface area (Å²) in [5, 5.41) is 10.6. The summed E-state index contributed by atoms with van der Waals surface area (Å²) >= 11 is 0. The Morgan fingerprint density at radius 3 is 2.59 bits per heavy atom. The van der Waals surface area contributed by atoms with E-state index in [0.29, 0.717) is 6.42 Å². The van der Waals surface area contributed by atoms with Crippen LogP contribution in [0, 0.1) is 5.92 Å². The van der Waals surface area contributed by atoms with Crippen molar-refractivity contribution in [1.29, 1.82) is 0 Å². The van der Waals surface area contributed by atoms with Gasteiger partial charge in [-0.1, -0.05) is 6.92 Å². The van der Waals surface area contributed by atoms with Gasteiger partial charge in [-0.15, -0.1) is 0 Å². The number of hydrogen-bond donors (Lipinski definition) is 2. The van der Waals surface area contributed by atoms with Crippen molar-refractivity contribution in [3.63, 3.8) is 0 Å². The Morgan fingerprint density at radius 2 is 2.06 bits per heavy atom. The molecule has 0 radical (unpaired) electrons. The number of rotatable bonds is 5. The molecule has 1 unspecified atom stereocenters. The predicted molar refractivity (Wildman–Crippen MR) is 55.9 cm³/mol. The zero-order valence-corrected chi connectivity index (χ0v) is 9.43. The summed E-state index contributed by atoms with van der Waals surface area (Å²) in [5.41, 5.74) is 0. The van der Waals surface area contributed by atoms with Crippen molar-refractivity contribution in [2.75, 3.05) is 6.54 Å². The fourth-order valence-corrected chi connectivity index (χ4v) is 1.62. The average molecular weight is 242 g/mol. The molecule has 7 heteroatoms. The normalized spacial score (nSPS) is 20.4. The largest absolute Gasteiger partial charge is 0.481 e. The molecule has 1 heterocycles. The van der Waals surface area contributed by atoms with E-state index in [1.54, 1.807) is 6.92 Å². The van der Waals surface area contributed by atoms with E-state index in [4.69, 9.17) is 5.11 Å². The number of carbonyl (C=O) groups excluding carboxylic acids is 3. The van der Waals surface area contributed by atoms with E-state index in [2.05, 4.69) is 5.32 Å². The molecule has 1 fully saturated rings. The van der Waals surface area contributed by atoms with Gasteiger partial charge in [-0.25, -0.2) is 4.79 Å². The number of carboxylic acids is 1. The number of nitrogens with one attached hydrogen (secondary N) is 1. The maximum Gasteiger partial charge on any atom is 0.330 e. The maximum atomic E-state index is 11.8. The van der Waals surface area contributed by atoms with Gasteiger partial charge in [0.25, 0.3) is 0 Å². The van der Waals surface area contributed by atoms with Gasteiger partial charge in [-0.05, 0) is 12.8 Å². The molecule has 1 aliphatic rings. The third-order valence-electron chi connectivity index (χ3n) is 2.45. The Morgan fingerprint density at radius 1 is 1.41 bits per heavy atom. The Kier molecular flexibility index (Phi) is 4.19. The Balaban J connectivity index is 2.75. The molecule has 1 rings (SSSR count). The van der Waals surface area contributed by atoms with Gasteiger partial charge in [0.05, 0.1) is 0 Å². The van der Waals surface area contributed by atoms with E-state index in [0.717, 1.165) is 4.90 Å². The second-order valence-corrected chi connectivity index (χ2v) is 3.77. The van der Waals surface area contributed by atoms with Gasteiger partial charge in [-0.2, -0.15) is 0 Å². The smallest absolute Gasteiger partial charge is 0.330 e. The minimum atomic E-state index is -1.08. The van der Waals surface area contributed by atoms with Crippen LogP contribution in [-0.4, -0.2) is 40.4 Å². The van der Waals surface area contributed by atoms with E-state index >= 15 is 0 Å². The van der Waals surface area contributed by atoms with Gasteiger partial charge >= 0.3 is 12.0 Å². The minimum Gasteiger partial charge on any atom is -0.481 e. The highest BCUT2D eigenvalue weighted by molar-refractivity contribution is 6.16. The molecular formula is C10H14N2O5. The van der Waals surface area contributed by atoms with Crippen LogP contribution < -0.4 is 5.32 Å². The summed E-state index contributed by atoms with van der Waals surface area (Å²) in [6.07, 6.45) is 0.213. The number of carboxylic acid groups (broad SMARTS) is 1. The molecule has 0 saturated carbocycles. The molecule has 0 aromatic heterocycles. The Labute approximate surface area is 97.8 Å². The number of urea groups is 1. The second kappa shape index (κ2) is 5.42. The number of nitrogens with zero attached hydrogens (tertiary/aromatic N) is 1. The zero-order valence-electron chi connectivity index (χ0n) is 9.43. The molecule has 1 atom stereocenters. The lowest BCUT2D eigenvalue weighted by molar-refractivity contribution is -0.143. The number of amides is 4. The molecule has 94 valence electrons. The summed E-state index contributed by atoms with van der Waals surface area (Å²) in [6, 6.07) is -0.728. The molecule has 4 amide bonds. The number of barbiturate groups is 1. The predicted octanol–water partition coefficient (Wildman–Crippen LogP) is -0.0442. The molecule has 0 aliphatic carbocycles. The molecule has 17 heavy (non-hydrogen) atoms. The number of imide groups is 2. The summed E-state index contributed by atoms with van der Waals surface area (Å²) in [7, 11) is 0. The molecular weight excluding hydrogens is 228 g/mol. The minimum absolute atomic E-state index is 0.0898. The SMILES string of the molecule is CCCN1C(=O)NC(=O)C(CCC(=O)O)C1=O. The fourth-order valence-electron chi connectivity index (χ4n) is 1.62. The quantitative estimate of drug-likeness (QED) is 0.658. The summed E-state index contributed by atoms with van der Waals surface area (Å²) in [4.78, 5) is 45.9. The lowest BCUT2D eigenvalue weighted by atomic mass is 9.98. The first-order chi connectivity index (χ1) is 7.97. The van der Waals surface area contributed by atoms with Crippen LogP contribution in [0.5, 0.6) is 0 Å². The van der Waals surface area contributed by atoms with Gasteiger partial charge in [-0.3, -0.25) is 24.6 Å². The van der Waals surface area contributed by atoms with Gasteiger partial charge in [0.2, 0.25) is 11.8 Å². The third kappa shape index (κ3) is 3.02. The lowest BCUT2D eigenvalue weighted by Gasteiger charge is -2.29. The van der Waals surface area contributed by atoms with E-state index in [-0.39, 0.29) is 19.4 Å². The van der Waals surface area contributed by atoms with Gasteiger partial charge in [0.1, 0.15) is 5.92 Å². The van der Waals surface area contributed by atoms with Crippen LogP contribution >= 0.6 is 0 Å². The van der Waals surface area contributed by atoms with E-state index in [9.17, 15) is 19.2 Å². The first-order valence-corrected chi connectivity index (χ1v) is 5.35. The first kappa shape index (κ1) is 13.1. The van der Waals surface area contributed by atoms with Gasteiger partial charge < -0.3 is 5.11 Å². The van der Waals surface area contributed by atoms with Gasteiger partial charge in [0, 0.05) is 13.0 Å². The Hall–Kier alpha value is -1.92. The molecule has 0 spiro atoms. The van der Waals surface area contributed by atoms with Gasteiger partial charge in [0.15, 0.2) is 0 Å². The summed E-state index contributed by atoms with van der Waals surface area (Å²) in [5.74, 6) is -3.48. The third-order valence-corrected chi connectivity index (χ3v) is 2.45. The molecule has 0 aromatic rings. The van der Waals surface area contributed by atoms with Crippen molar-refractivity contribution in [3.05, 3.63) is 0 Å². The van der Waals surface area contributed by atoms with Crippen molar-refractivity contribution in [1.82, 2.24) is 10.2 Å². The number of carbonyl (C=O) groups is 4. The standard InChI is InChI=1S/C10H14N2O5/c1-2-5-12-9(16)6(3-4-7(13)14)8(15)11-10(12)17/h6H,2-5H2,1H3,(H,13,14)(H,11,15,17). The highest BCUT2D eigenvalue weighted by Crippen LogP contribution is 2.16. The second-order valence-electron chi connectivity index (χ2n) is 3.77. The topological polar surface area (TPSA) is 104 Å². The van der Waals surface area contributed by atoms with Crippen LogP contribution in [-0.2, 0) is 14.4 Å². The Bertz CT molecular complexity index is 366. The average Bonchev–Trinajstić information content (AvgIpc) is 2.23. The highest BCUT2D eigenvalue weighted by Gasteiger charge is 2.39. The van der Waals surface area contributed by atoms with Crippen LogP contribution in [0.15, 0.2) is 0 Å². The molecule has 0 bridgehead atoms. The van der Waals surface area contributed by atoms with Crippen molar-refractivity contribution in [2.24, 2.45) is 5.92 Å². The first-order valence-electron chi connectivity index (χ1n) is 5.35. The zero-order chi connectivity index (χ0) is 13.0. The van der Waals surface area contributed by atoms with E-state index < -0.39 is 29.7 Å². The summed E-state index contributed by atoms with van der Waals surface area (Å²) < 4.78 is 0. The van der Waals surface area contributed by atoms with E-state index in [1.165, 1.54) is 0 Å². The van der Waals surface area contributed by atoms with Crippen LogP contribution in [0.3, 0.4) is 0 Å². The van der Waals surface area contributed by atoms with Crippen molar-refractivity contribution < 1.29 is 24.3 Å². The van der Waals surface area contributed by atoms with Crippen LogP contribution in [0.1, 0.15) is 26.2 Å². The summed E-state index contributed by atoms with van der Waals surface area (Å²) in [6.45, 7) is 2.02. The molecule has 1 aliphatic heterocycles. The van der Waals surface area contributed by atoms with Crippen molar-refractivity contribution >= 4 is 23.8 Å². The van der Waals surface area contributed by atoms with E-state index in [1.807, 2.05) is 0 Å². The molecule has 7 nitrogen and oxygen atoms in total. The van der Waals surface area contributed by atoms with Crippen LogP contribution in [0.2, 0.25) is 0 Å². The van der Waals surface area contributed by atoms with Crippen molar-refractivity contribution in [2.45, 2.75) is 26.2 Å². The van der Waals surface area contributed by atoms with Crippen LogP contribution in [0.25, 0.3) is 0 Å².